The van der Waals surface area contributed by atoms with E-state index >= 15 is 0 Å². The molecule has 13 atom stereocenters. The molecule has 3 aliphatic rings. The standard InChI is InChI=1S/C44H67N5O11/c1-12-35-44(9,54)40-27(4)36(46-30(7)50)25(2)21-43(8,56-23-31(22-55-40)47-57-19-15-18-49-24-45-32-16-13-14-17-33(32)49)39(28(5)37(51)29(6)41(53)59-35)60-42-38(52)34(48(10)11)20-26(3)58-42/h13-14,16-17,24-29,34-35,38-40,42,52,54H,12,15,18-23H2,1-11H3/b46-36?,47-31-/t25-,26-,27+,28+,29-,34+,35-,38-,39-,40-,42+,43+,44-/m1/s1. The second-order valence-electron chi connectivity index (χ2n) is 17.7. The fraction of sp³-hybridized carbons (Fsp3) is 0.727. The van der Waals surface area contributed by atoms with Crippen molar-refractivity contribution in [2.45, 2.75) is 149 Å². The molecule has 0 unspecified atom stereocenters. The van der Waals surface area contributed by atoms with E-state index in [1.54, 1.807) is 27.1 Å². The van der Waals surface area contributed by atoms with Gasteiger partial charge in [-0.25, -0.2) is 9.98 Å². The largest absolute Gasteiger partial charge is 0.459 e. The third-order valence-corrected chi connectivity index (χ3v) is 12.5. The number of aromatic nitrogens is 2. The van der Waals surface area contributed by atoms with Crippen LogP contribution in [0.4, 0.5) is 0 Å². The summed E-state index contributed by atoms with van der Waals surface area (Å²) in [7, 11) is 3.74. The van der Waals surface area contributed by atoms with Crippen LogP contribution >= 0.6 is 0 Å². The number of nitrogens with zero attached hydrogens (tertiary/aromatic N) is 5. The van der Waals surface area contributed by atoms with Crippen molar-refractivity contribution in [2.24, 2.45) is 33.8 Å². The number of hydrogen-bond acceptors (Lipinski definition) is 14. The molecule has 0 spiro atoms. The van der Waals surface area contributed by atoms with Crippen LogP contribution in [0.2, 0.25) is 0 Å². The number of imidazole rings is 1. The van der Waals surface area contributed by atoms with Crippen molar-refractivity contribution in [3.8, 4) is 0 Å². The summed E-state index contributed by atoms with van der Waals surface area (Å²) in [5, 5.41) is 28.6. The minimum Gasteiger partial charge on any atom is -0.459 e. The summed E-state index contributed by atoms with van der Waals surface area (Å²) < 4.78 is 34.6. The Balaban J connectivity index is 1.60. The van der Waals surface area contributed by atoms with Gasteiger partial charge in [0.2, 0.25) is 5.91 Å². The Bertz CT molecular complexity index is 1860. The van der Waals surface area contributed by atoms with E-state index in [2.05, 4.69) is 15.1 Å². The maximum atomic E-state index is 14.5. The number of para-hydroxylation sites is 2. The van der Waals surface area contributed by atoms with Gasteiger partial charge >= 0.3 is 5.97 Å². The van der Waals surface area contributed by atoms with Gasteiger partial charge in [-0.05, 0) is 79.1 Å². The molecule has 4 heterocycles. The Morgan fingerprint density at radius 2 is 1.80 bits per heavy atom. The lowest BCUT2D eigenvalue weighted by atomic mass is 9.73. The summed E-state index contributed by atoms with van der Waals surface area (Å²) in [5.41, 5.74) is -0.544. The van der Waals surface area contributed by atoms with Crippen molar-refractivity contribution in [2.75, 3.05) is 33.9 Å². The number of Topliss-reactive ketones (excluding diaryl/α,β-unsaturated/α-hetero) is 1. The molecule has 0 radical (unpaired) electrons. The van der Waals surface area contributed by atoms with Crippen LogP contribution in [0.5, 0.6) is 0 Å². The molecule has 3 fully saturated rings. The predicted octanol–water partition coefficient (Wildman–Crippen LogP) is 4.36. The van der Waals surface area contributed by atoms with E-state index in [1.807, 2.05) is 68.6 Å². The molecule has 0 aliphatic carbocycles. The molecule has 2 bridgehead atoms. The highest BCUT2D eigenvalue weighted by Crippen LogP contribution is 2.40. The molecule has 334 valence electrons. The third-order valence-electron chi connectivity index (χ3n) is 12.5. The fourth-order valence-electron chi connectivity index (χ4n) is 9.23. The maximum absolute atomic E-state index is 14.5. The maximum Gasteiger partial charge on any atom is 0.316 e. The topological polar surface area (TPSA) is 193 Å². The Hall–Kier alpha value is -3.64. The van der Waals surface area contributed by atoms with Gasteiger partial charge in [0.15, 0.2) is 12.1 Å². The van der Waals surface area contributed by atoms with E-state index in [-0.39, 0.29) is 44.8 Å². The van der Waals surface area contributed by atoms with Crippen LogP contribution in [0.25, 0.3) is 11.0 Å². The minimum atomic E-state index is -1.84. The average molecular weight is 842 g/mol. The van der Waals surface area contributed by atoms with Crippen molar-refractivity contribution < 1.29 is 53.1 Å². The number of oxime groups is 1. The van der Waals surface area contributed by atoms with Crippen molar-refractivity contribution in [3.05, 3.63) is 30.6 Å². The van der Waals surface area contributed by atoms with Crippen molar-refractivity contribution in [1.29, 1.82) is 0 Å². The monoisotopic (exact) mass is 841 g/mol. The molecular formula is C44H67N5O11. The lowest BCUT2D eigenvalue weighted by Gasteiger charge is -2.47. The second-order valence-corrected chi connectivity index (χ2v) is 17.7. The second kappa shape index (κ2) is 20.0. The van der Waals surface area contributed by atoms with Crippen LogP contribution in [0.3, 0.4) is 0 Å². The number of aliphatic imine (C=N–C) groups is 1. The summed E-state index contributed by atoms with van der Waals surface area (Å²) in [6.45, 7) is 15.8. The Morgan fingerprint density at radius 1 is 1.08 bits per heavy atom. The number of carbonyl (C=O) groups excluding carboxylic acids is 3. The van der Waals surface area contributed by atoms with Crippen LogP contribution in [0.15, 0.2) is 40.7 Å². The predicted molar refractivity (Wildman–Crippen MR) is 224 cm³/mol. The molecule has 2 aromatic rings. The molecule has 16 heteroatoms. The number of cyclic esters (lactones) is 1. The van der Waals surface area contributed by atoms with E-state index < -0.39 is 83.2 Å². The van der Waals surface area contributed by atoms with Gasteiger partial charge in [0.05, 0.1) is 54.5 Å². The summed E-state index contributed by atoms with van der Waals surface area (Å²) >= 11 is 0. The van der Waals surface area contributed by atoms with Crippen LogP contribution in [-0.4, -0.2) is 142 Å². The summed E-state index contributed by atoms with van der Waals surface area (Å²) in [4.78, 5) is 58.0. The van der Waals surface area contributed by atoms with Gasteiger partial charge in [0.25, 0.3) is 0 Å². The number of aryl methyl sites for hydroxylation is 1. The van der Waals surface area contributed by atoms with E-state index in [4.69, 9.17) is 28.5 Å². The number of carbonyl (C=O) groups is 3. The highest BCUT2D eigenvalue weighted by Gasteiger charge is 2.53. The third kappa shape index (κ3) is 10.7. The molecule has 2 N–H and O–H groups in total. The van der Waals surface area contributed by atoms with Crippen LogP contribution in [-0.2, 0) is 49.5 Å². The highest BCUT2D eigenvalue weighted by atomic mass is 16.7. The van der Waals surface area contributed by atoms with Gasteiger partial charge in [-0.2, -0.15) is 0 Å². The highest BCUT2D eigenvalue weighted by molar-refractivity contribution is 6.00. The van der Waals surface area contributed by atoms with Gasteiger partial charge in [-0.15, -0.1) is 0 Å². The molecule has 60 heavy (non-hydrogen) atoms. The Morgan fingerprint density at radius 3 is 2.48 bits per heavy atom. The number of ether oxygens (including phenoxy) is 5. The van der Waals surface area contributed by atoms with Gasteiger partial charge in [0, 0.05) is 43.5 Å². The number of benzene rings is 1. The van der Waals surface area contributed by atoms with E-state index in [0.717, 1.165) is 11.0 Å². The zero-order valence-electron chi connectivity index (χ0n) is 37.2. The van der Waals surface area contributed by atoms with Crippen molar-refractivity contribution >= 4 is 40.1 Å². The Kier molecular flexibility index (Phi) is 15.8. The number of esters is 1. The molecule has 0 saturated carbocycles. The quantitative estimate of drug-likeness (QED) is 0.157. The fourth-order valence-corrected chi connectivity index (χ4v) is 9.23. The van der Waals surface area contributed by atoms with Crippen molar-refractivity contribution in [1.82, 2.24) is 14.5 Å². The van der Waals surface area contributed by atoms with E-state index in [0.29, 0.717) is 30.8 Å². The molecule has 16 nitrogen and oxygen atoms in total. The molecule has 3 saturated heterocycles. The van der Waals surface area contributed by atoms with E-state index in [9.17, 15) is 24.6 Å². The lowest BCUT2D eigenvalue weighted by molar-refractivity contribution is -0.296. The van der Waals surface area contributed by atoms with Crippen molar-refractivity contribution in [3.63, 3.8) is 0 Å². The zero-order chi connectivity index (χ0) is 44.1. The molecule has 5 rings (SSSR count). The van der Waals surface area contributed by atoms with Crippen LogP contribution < -0.4 is 0 Å². The molecule has 1 aromatic heterocycles. The first-order valence-corrected chi connectivity index (χ1v) is 21.3. The number of ketones is 1. The lowest BCUT2D eigenvalue weighted by Crippen LogP contribution is -2.60. The minimum absolute atomic E-state index is 0.147. The average Bonchev–Trinajstić information content (AvgIpc) is 3.61. The molecule has 1 amide bonds. The molecular weight excluding hydrogens is 775 g/mol. The summed E-state index contributed by atoms with van der Waals surface area (Å²) in [6, 6.07) is 7.57. The summed E-state index contributed by atoms with van der Waals surface area (Å²) in [5.74, 6) is -5.25. The first kappa shape index (κ1) is 47.4. The number of likely N-dealkylation sites (N-methyl/N-ethyl adjacent to an activating group) is 1. The normalized spacial score (nSPS) is 37.7. The van der Waals surface area contributed by atoms with Gasteiger partial charge in [-0.3, -0.25) is 14.4 Å². The number of rotatable bonds is 9. The first-order chi connectivity index (χ1) is 28.3. The van der Waals surface area contributed by atoms with E-state index in [1.165, 1.54) is 20.8 Å². The van der Waals surface area contributed by atoms with Gasteiger partial charge in [0.1, 0.15) is 36.0 Å². The molecule has 1 aromatic carbocycles. The summed E-state index contributed by atoms with van der Waals surface area (Å²) in [6.07, 6.45) is -2.61. The van der Waals surface area contributed by atoms with Gasteiger partial charge in [-0.1, -0.05) is 45.0 Å². The zero-order valence-corrected chi connectivity index (χ0v) is 37.2. The molecule has 3 aliphatic heterocycles. The number of fused-ring (bicyclic) bond motifs is 6. The number of aliphatic hydroxyl groups excluding tert-OH is 1. The number of amides is 1. The van der Waals surface area contributed by atoms with Crippen LogP contribution in [0, 0.1) is 23.7 Å². The van der Waals surface area contributed by atoms with Gasteiger partial charge < -0.3 is 48.2 Å². The van der Waals surface area contributed by atoms with Crippen LogP contribution in [0.1, 0.15) is 88.0 Å². The Labute approximate surface area is 353 Å². The number of aliphatic hydroxyl groups is 2. The SMILES string of the molecule is CC[C@H]1OC(=O)[C@H](C)C(=O)[C@H](C)[C@@H](O[C@@H]2O[C@H](C)C[C@H](N(C)C)[C@H]2O)[C@]2(C)C[C@@H](C)C(=NC(C)=O)[C@H](C)[C@@H](OC/C(=N/OCCCn3cnc4ccccc43)CO2)[C@]1(C)O. The smallest absolute Gasteiger partial charge is 0.316 e. The number of hydrogen-bond donors (Lipinski definition) is 2. The first-order valence-electron chi connectivity index (χ1n) is 21.3.